The predicted octanol–water partition coefficient (Wildman–Crippen LogP) is 6.78. The molecule has 0 unspecified atom stereocenters. The van der Waals surface area contributed by atoms with Gasteiger partial charge in [-0.3, -0.25) is 4.98 Å². The molecule has 0 fully saturated rings. The summed E-state index contributed by atoms with van der Waals surface area (Å²) < 4.78 is 19.4. The van der Waals surface area contributed by atoms with Crippen LogP contribution < -0.4 is 4.74 Å². The fourth-order valence-corrected chi connectivity index (χ4v) is 2.83. The number of hydrogen-bond acceptors (Lipinski definition) is 2. The van der Waals surface area contributed by atoms with Crippen molar-refractivity contribution in [3.63, 3.8) is 0 Å². The lowest BCUT2D eigenvalue weighted by molar-refractivity contribution is 0.485. The topological polar surface area (TPSA) is 22.1 Å². The number of fused-ring (bicyclic) bond motifs is 1. The van der Waals surface area contributed by atoms with Crippen LogP contribution in [-0.2, 0) is 0 Å². The fourth-order valence-electron chi connectivity index (χ4n) is 1.94. The highest BCUT2D eigenvalue weighted by atomic mass is 35.5. The number of nitrogens with zero attached hydrogens (tertiary/aromatic N) is 1. The van der Waals surface area contributed by atoms with Crippen molar-refractivity contribution in [3.8, 4) is 11.5 Å². The first-order chi connectivity index (χ1) is 10.5. The Morgan fingerprint density at radius 1 is 0.864 bits per heavy atom. The zero-order valence-corrected chi connectivity index (χ0v) is 13.7. The molecule has 1 heterocycles. The van der Waals surface area contributed by atoms with Crippen molar-refractivity contribution in [3.05, 3.63) is 62.4 Å². The Bertz CT molecular complexity index is 851. The van der Waals surface area contributed by atoms with Gasteiger partial charge in [0.15, 0.2) is 17.3 Å². The van der Waals surface area contributed by atoms with E-state index in [9.17, 15) is 4.39 Å². The monoisotopic (exact) mass is 375 g/mol. The molecule has 22 heavy (non-hydrogen) atoms. The van der Waals surface area contributed by atoms with Gasteiger partial charge in [0.2, 0.25) is 0 Å². The third kappa shape index (κ3) is 2.59. The molecule has 3 aromatic rings. The van der Waals surface area contributed by atoms with Gasteiger partial charge in [-0.1, -0.05) is 64.6 Å². The van der Waals surface area contributed by atoms with Crippen molar-refractivity contribution < 1.29 is 9.13 Å². The minimum absolute atomic E-state index is 0.0158. The molecule has 0 N–H and O–H groups in total. The van der Waals surface area contributed by atoms with Crippen LogP contribution in [0.4, 0.5) is 4.39 Å². The predicted molar refractivity (Wildman–Crippen MR) is 88.3 cm³/mol. The van der Waals surface area contributed by atoms with Crippen LogP contribution in [0.25, 0.3) is 10.9 Å². The van der Waals surface area contributed by atoms with Crippen LogP contribution in [0.1, 0.15) is 0 Å². The highest BCUT2D eigenvalue weighted by molar-refractivity contribution is 6.49. The SMILES string of the molecule is Fc1c(Cl)c(Cl)c(Oc2cccc3cccnc23)c(Cl)c1Cl. The van der Waals surface area contributed by atoms with E-state index in [0.29, 0.717) is 11.3 Å². The summed E-state index contributed by atoms with van der Waals surface area (Å²) in [5.41, 5.74) is 0.605. The van der Waals surface area contributed by atoms with Gasteiger partial charge >= 0.3 is 0 Å². The molecular weight excluding hydrogens is 371 g/mol. The summed E-state index contributed by atoms with van der Waals surface area (Å²) in [4.78, 5) is 4.25. The molecule has 0 aliphatic carbocycles. The second-order valence-electron chi connectivity index (χ2n) is 4.33. The van der Waals surface area contributed by atoms with E-state index in [1.54, 1.807) is 24.4 Å². The molecule has 0 spiro atoms. The molecule has 0 aliphatic rings. The molecule has 0 bridgehead atoms. The number of hydrogen-bond donors (Lipinski definition) is 0. The van der Waals surface area contributed by atoms with Crippen LogP contribution in [0.3, 0.4) is 0 Å². The molecule has 7 heteroatoms. The van der Waals surface area contributed by atoms with Gasteiger partial charge in [-0.15, -0.1) is 0 Å². The Morgan fingerprint density at radius 2 is 1.50 bits per heavy atom. The normalized spacial score (nSPS) is 11.0. The molecule has 3 rings (SSSR count). The third-order valence-electron chi connectivity index (χ3n) is 2.98. The number of aromatic nitrogens is 1. The molecule has 1 aromatic heterocycles. The van der Waals surface area contributed by atoms with E-state index >= 15 is 0 Å². The van der Waals surface area contributed by atoms with E-state index in [1.165, 1.54) is 0 Å². The molecule has 0 saturated carbocycles. The first-order valence-corrected chi connectivity index (χ1v) is 7.55. The Kier molecular flexibility index (Phi) is 4.33. The van der Waals surface area contributed by atoms with E-state index in [1.807, 2.05) is 12.1 Å². The maximum absolute atomic E-state index is 13.7. The summed E-state index contributed by atoms with van der Waals surface area (Å²) in [6.07, 6.45) is 1.63. The van der Waals surface area contributed by atoms with Gasteiger partial charge in [-0.05, 0) is 12.1 Å². The number of rotatable bonds is 2. The van der Waals surface area contributed by atoms with Crippen LogP contribution in [0.2, 0.25) is 20.1 Å². The van der Waals surface area contributed by atoms with Crippen LogP contribution in [0.5, 0.6) is 11.5 Å². The Balaban J connectivity index is 2.18. The molecular formula is C15H6Cl4FNO. The lowest BCUT2D eigenvalue weighted by atomic mass is 10.2. The van der Waals surface area contributed by atoms with E-state index in [2.05, 4.69) is 4.98 Å². The average Bonchev–Trinajstić information content (AvgIpc) is 2.55. The lowest BCUT2D eigenvalue weighted by Crippen LogP contribution is -1.93. The summed E-state index contributed by atoms with van der Waals surface area (Å²) in [7, 11) is 0. The van der Waals surface area contributed by atoms with E-state index < -0.39 is 5.82 Å². The van der Waals surface area contributed by atoms with Crippen LogP contribution in [0.15, 0.2) is 36.5 Å². The number of pyridine rings is 1. The van der Waals surface area contributed by atoms with Gasteiger partial charge in [0.1, 0.15) is 25.6 Å². The molecule has 0 saturated heterocycles. The fraction of sp³-hybridized carbons (Fsp3) is 0. The standard InChI is InChI=1S/C15H6Cl4FNO/c16-9-11(18)15(12(19)10(17)13(9)20)22-8-5-1-3-7-4-2-6-21-14(7)8/h1-6H. The highest BCUT2D eigenvalue weighted by Crippen LogP contribution is 2.47. The zero-order valence-electron chi connectivity index (χ0n) is 10.7. The second kappa shape index (κ2) is 6.09. The number of halogens is 5. The summed E-state index contributed by atoms with van der Waals surface area (Å²) >= 11 is 23.6. The van der Waals surface area contributed by atoms with Crippen molar-refractivity contribution in [2.75, 3.05) is 0 Å². The Morgan fingerprint density at radius 3 is 2.18 bits per heavy atom. The maximum Gasteiger partial charge on any atom is 0.167 e. The van der Waals surface area contributed by atoms with E-state index in [-0.39, 0.29) is 25.8 Å². The Labute approximate surface area is 145 Å². The second-order valence-corrected chi connectivity index (χ2v) is 5.84. The van der Waals surface area contributed by atoms with Crippen molar-refractivity contribution >= 4 is 57.3 Å². The largest absolute Gasteiger partial charge is 0.452 e. The molecule has 0 amide bonds. The molecule has 0 atom stereocenters. The molecule has 2 aromatic carbocycles. The van der Waals surface area contributed by atoms with Crippen molar-refractivity contribution in [1.82, 2.24) is 4.98 Å². The highest BCUT2D eigenvalue weighted by Gasteiger charge is 2.22. The van der Waals surface area contributed by atoms with Crippen LogP contribution >= 0.6 is 46.4 Å². The molecule has 2 nitrogen and oxygen atoms in total. The minimum Gasteiger partial charge on any atom is -0.452 e. The minimum atomic E-state index is -0.887. The molecule has 0 radical (unpaired) electrons. The van der Waals surface area contributed by atoms with Gasteiger partial charge in [0, 0.05) is 11.6 Å². The number of para-hydroxylation sites is 1. The van der Waals surface area contributed by atoms with Gasteiger partial charge in [-0.25, -0.2) is 4.39 Å². The first kappa shape index (κ1) is 15.6. The van der Waals surface area contributed by atoms with Crippen molar-refractivity contribution in [1.29, 1.82) is 0 Å². The Hall–Kier alpha value is -1.26. The average molecular weight is 377 g/mol. The third-order valence-corrected chi connectivity index (χ3v) is 4.60. The molecule has 0 aliphatic heterocycles. The van der Waals surface area contributed by atoms with Crippen molar-refractivity contribution in [2.24, 2.45) is 0 Å². The van der Waals surface area contributed by atoms with Gasteiger partial charge in [0.25, 0.3) is 0 Å². The summed E-state index contributed by atoms with van der Waals surface area (Å²) in [6, 6.07) is 9.03. The zero-order chi connectivity index (χ0) is 15.9. The van der Waals surface area contributed by atoms with Crippen LogP contribution in [0, 0.1) is 5.82 Å². The summed E-state index contributed by atoms with van der Waals surface area (Å²) in [5, 5.41) is -0.131. The van der Waals surface area contributed by atoms with E-state index in [0.717, 1.165) is 5.39 Å². The molecule has 112 valence electrons. The lowest BCUT2D eigenvalue weighted by Gasteiger charge is -2.13. The van der Waals surface area contributed by atoms with Crippen molar-refractivity contribution in [2.45, 2.75) is 0 Å². The van der Waals surface area contributed by atoms with Crippen LogP contribution in [-0.4, -0.2) is 4.98 Å². The summed E-state index contributed by atoms with van der Waals surface area (Å²) in [5.74, 6) is -0.500. The van der Waals surface area contributed by atoms with Gasteiger partial charge in [-0.2, -0.15) is 0 Å². The number of ether oxygens (including phenoxy) is 1. The number of benzene rings is 2. The van der Waals surface area contributed by atoms with Gasteiger partial charge in [0.05, 0.1) is 0 Å². The first-order valence-electron chi connectivity index (χ1n) is 6.03. The van der Waals surface area contributed by atoms with E-state index in [4.69, 9.17) is 51.1 Å². The summed E-state index contributed by atoms with van der Waals surface area (Å²) in [6.45, 7) is 0. The smallest absolute Gasteiger partial charge is 0.167 e. The quantitative estimate of drug-likeness (QED) is 0.363. The van der Waals surface area contributed by atoms with Gasteiger partial charge < -0.3 is 4.74 Å². The maximum atomic E-state index is 13.7.